The largest absolute Gasteiger partial charge is 0.490 e. The summed E-state index contributed by atoms with van der Waals surface area (Å²) in [6.45, 7) is 0. The molecule has 182 valence electrons. The van der Waals surface area contributed by atoms with Gasteiger partial charge in [0.2, 0.25) is 0 Å². The maximum atomic E-state index is 12.9. The molecular formula is C23H23ClF3N3O3S. The number of aliphatic carboxylic acids is 1. The van der Waals surface area contributed by atoms with E-state index < -0.39 is 23.1 Å². The van der Waals surface area contributed by atoms with Crippen molar-refractivity contribution in [2.45, 2.75) is 44.4 Å². The fraction of sp³-hybridized carbons (Fsp3) is 0.348. The normalized spacial score (nSPS) is 20.3. The van der Waals surface area contributed by atoms with Gasteiger partial charge in [-0.1, -0.05) is 12.1 Å². The number of hydrogen-bond acceptors (Lipinski definition) is 6. The van der Waals surface area contributed by atoms with Gasteiger partial charge in [0, 0.05) is 23.7 Å². The number of rotatable bonds is 7. The number of anilines is 2. The summed E-state index contributed by atoms with van der Waals surface area (Å²) in [5.74, 6) is -0.176. The Kier molecular flexibility index (Phi) is 8.04. The van der Waals surface area contributed by atoms with Crippen LogP contribution in [0, 0.1) is 5.41 Å². The molecule has 0 bridgehead atoms. The molecule has 6 nitrogen and oxygen atoms in total. The van der Waals surface area contributed by atoms with E-state index in [-0.39, 0.29) is 30.7 Å². The van der Waals surface area contributed by atoms with Crippen LogP contribution in [0.4, 0.5) is 24.1 Å². The molecule has 11 heteroatoms. The van der Waals surface area contributed by atoms with E-state index in [2.05, 4.69) is 15.3 Å². The highest BCUT2D eigenvalue weighted by atomic mass is 35.5. The van der Waals surface area contributed by atoms with Gasteiger partial charge >= 0.3 is 12.1 Å². The molecular weight excluding hydrogens is 491 g/mol. The molecule has 0 unspecified atom stereocenters. The lowest BCUT2D eigenvalue weighted by Gasteiger charge is -2.36. The molecule has 2 aromatic heterocycles. The first-order chi connectivity index (χ1) is 15.7. The topological polar surface area (TPSA) is 84.3 Å². The molecule has 2 N–H and O–H groups in total. The van der Waals surface area contributed by atoms with Gasteiger partial charge in [0.15, 0.2) is 5.13 Å². The van der Waals surface area contributed by atoms with Crippen molar-refractivity contribution in [3.63, 3.8) is 0 Å². The zero-order valence-corrected chi connectivity index (χ0v) is 19.6. The van der Waals surface area contributed by atoms with Crippen LogP contribution in [0.15, 0.2) is 54.0 Å². The number of hydrogen-bond donors (Lipinski definition) is 2. The Bertz CT molecular complexity index is 1100. The Morgan fingerprint density at radius 1 is 1.21 bits per heavy atom. The van der Waals surface area contributed by atoms with Gasteiger partial charge < -0.3 is 15.2 Å². The monoisotopic (exact) mass is 513 g/mol. The summed E-state index contributed by atoms with van der Waals surface area (Å²) in [5, 5.41) is 15.6. The lowest BCUT2D eigenvalue weighted by molar-refractivity contribution is -0.152. The number of halogens is 4. The lowest BCUT2D eigenvalue weighted by Crippen LogP contribution is -2.40. The summed E-state index contributed by atoms with van der Waals surface area (Å²) >= 11 is 1.43. The average molecular weight is 514 g/mol. The van der Waals surface area contributed by atoms with Crippen LogP contribution in [0.2, 0.25) is 0 Å². The van der Waals surface area contributed by atoms with Crippen molar-refractivity contribution in [3.05, 3.63) is 65.3 Å². The molecule has 1 aromatic carbocycles. The number of alkyl halides is 3. The first-order valence-corrected chi connectivity index (χ1v) is 11.3. The number of nitrogens with one attached hydrogen (secondary N) is 1. The maximum absolute atomic E-state index is 12.9. The summed E-state index contributed by atoms with van der Waals surface area (Å²) in [4.78, 5) is 20.9. The Hall–Kier alpha value is -2.85. The Balaban J connectivity index is 0.00000324. The smallest absolute Gasteiger partial charge is 0.416 e. The van der Waals surface area contributed by atoms with Gasteiger partial charge in [0.25, 0.3) is 0 Å². The molecule has 1 saturated carbocycles. The van der Waals surface area contributed by atoms with Crippen molar-refractivity contribution in [1.29, 1.82) is 0 Å². The molecule has 1 aliphatic rings. The zero-order chi connectivity index (χ0) is 23.5. The van der Waals surface area contributed by atoms with Gasteiger partial charge in [-0.05, 0) is 56.0 Å². The van der Waals surface area contributed by atoms with E-state index in [0.717, 1.165) is 12.1 Å². The molecule has 3 aromatic rings. The molecule has 1 fully saturated rings. The summed E-state index contributed by atoms with van der Waals surface area (Å²) in [6, 6.07) is 10.2. The molecule has 4 rings (SSSR count). The van der Waals surface area contributed by atoms with Crippen LogP contribution >= 0.6 is 23.7 Å². The van der Waals surface area contributed by atoms with E-state index in [1.807, 2.05) is 11.4 Å². The van der Waals surface area contributed by atoms with Crippen molar-refractivity contribution >= 4 is 40.7 Å². The quantitative estimate of drug-likeness (QED) is 0.382. The fourth-order valence-corrected chi connectivity index (χ4v) is 4.59. The van der Waals surface area contributed by atoms with Crippen molar-refractivity contribution in [2.24, 2.45) is 5.41 Å². The molecule has 0 amide bonds. The zero-order valence-electron chi connectivity index (χ0n) is 17.9. The molecule has 0 spiro atoms. The molecule has 0 atom stereocenters. The number of carboxylic acids is 1. The van der Waals surface area contributed by atoms with Crippen LogP contribution in [-0.4, -0.2) is 27.1 Å². The van der Waals surface area contributed by atoms with Crippen LogP contribution in [0.5, 0.6) is 5.75 Å². The molecule has 0 aliphatic heterocycles. The minimum Gasteiger partial charge on any atom is -0.490 e. The van der Waals surface area contributed by atoms with Crippen molar-refractivity contribution in [3.8, 4) is 5.75 Å². The highest BCUT2D eigenvalue weighted by molar-refractivity contribution is 7.13. The number of carboxylic acid groups (broad SMARTS) is 1. The SMILES string of the molecule is Cl.O=C(O)C1(Cc2cccc(Nc3nccs3)n2)CCC(Oc2cccc(C(F)(F)F)c2)CC1. The fourth-order valence-electron chi connectivity index (χ4n) is 4.06. The first-order valence-electron chi connectivity index (χ1n) is 10.4. The van der Waals surface area contributed by atoms with Gasteiger partial charge in [-0.15, -0.1) is 23.7 Å². The third kappa shape index (κ3) is 6.18. The second-order valence-corrected chi connectivity index (χ2v) is 8.98. The Morgan fingerprint density at radius 3 is 2.59 bits per heavy atom. The van der Waals surface area contributed by atoms with Gasteiger partial charge in [-0.25, -0.2) is 9.97 Å². The van der Waals surface area contributed by atoms with Crippen LogP contribution < -0.4 is 10.1 Å². The van der Waals surface area contributed by atoms with Gasteiger partial charge in [-0.2, -0.15) is 13.2 Å². The number of ether oxygens (including phenoxy) is 1. The molecule has 1 aliphatic carbocycles. The minimum atomic E-state index is -4.44. The minimum absolute atomic E-state index is 0. The van der Waals surface area contributed by atoms with E-state index in [1.54, 1.807) is 18.3 Å². The highest BCUT2D eigenvalue weighted by Crippen LogP contribution is 2.41. The van der Waals surface area contributed by atoms with Crippen molar-refractivity contribution in [2.75, 3.05) is 5.32 Å². The van der Waals surface area contributed by atoms with Crippen molar-refractivity contribution in [1.82, 2.24) is 9.97 Å². The van der Waals surface area contributed by atoms with Gasteiger partial charge in [0.1, 0.15) is 11.6 Å². The number of pyridine rings is 1. The van der Waals surface area contributed by atoms with E-state index in [9.17, 15) is 23.1 Å². The average Bonchev–Trinajstić information content (AvgIpc) is 3.28. The highest BCUT2D eigenvalue weighted by Gasteiger charge is 2.43. The van der Waals surface area contributed by atoms with E-state index in [4.69, 9.17) is 4.74 Å². The first kappa shape index (κ1) is 25.8. The number of benzene rings is 1. The standard InChI is InChI=1S/C23H22F3N3O3S.ClH/c24-23(25,26)15-3-1-5-18(13-15)32-17-7-9-22(10-8-17,20(30)31)14-16-4-2-6-19(28-16)29-21-27-11-12-33-21;/h1-6,11-13,17H,7-10,14H2,(H,30,31)(H,27,28,29);1H. The molecule has 34 heavy (non-hydrogen) atoms. The summed E-state index contributed by atoms with van der Waals surface area (Å²) in [6.07, 6.45) is -1.30. The molecule has 2 heterocycles. The molecule has 0 radical (unpaired) electrons. The van der Waals surface area contributed by atoms with E-state index in [1.165, 1.54) is 23.5 Å². The van der Waals surface area contributed by atoms with Gasteiger partial charge in [0.05, 0.1) is 17.1 Å². The predicted octanol–water partition coefficient (Wildman–Crippen LogP) is 6.36. The third-order valence-electron chi connectivity index (χ3n) is 5.80. The van der Waals surface area contributed by atoms with Crippen LogP contribution in [0.3, 0.4) is 0 Å². The van der Waals surface area contributed by atoms with Gasteiger partial charge in [-0.3, -0.25) is 4.79 Å². The summed E-state index contributed by atoms with van der Waals surface area (Å²) in [7, 11) is 0. The maximum Gasteiger partial charge on any atom is 0.416 e. The van der Waals surface area contributed by atoms with E-state index >= 15 is 0 Å². The third-order valence-corrected chi connectivity index (χ3v) is 6.49. The summed E-state index contributed by atoms with van der Waals surface area (Å²) < 4.78 is 44.6. The Labute approximate surface area is 204 Å². The number of aromatic nitrogens is 2. The van der Waals surface area contributed by atoms with Crippen molar-refractivity contribution < 1.29 is 27.8 Å². The predicted molar refractivity (Wildman–Crippen MR) is 125 cm³/mol. The lowest BCUT2D eigenvalue weighted by atomic mass is 9.70. The van der Waals surface area contributed by atoms with Crippen LogP contribution in [0.25, 0.3) is 0 Å². The summed E-state index contributed by atoms with van der Waals surface area (Å²) in [5.41, 5.74) is -1.12. The Morgan fingerprint density at radius 2 is 1.94 bits per heavy atom. The number of nitrogens with zero attached hydrogens (tertiary/aromatic N) is 2. The second-order valence-electron chi connectivity index (χ2n) is 8.08. The second kappa shape index (κ2) is 10.6. The molecule has 0 saturated heterocycles. The number of carbonyl (C=O) groups is 1. The van der Waals surface area contributed by atoms with Crippen LogP contribution in [0.1, 0.15) is 36.9 Å². The number of thiazole rings is 1. The van der Waals surface area contributed by atoms with Crippen LogP contribution in [-0.2, 0) is 17.4 Å². The van der Waals surface area contributed by atoms with E-state index in [0.29, 0.717) is 42.3 Å².